The molecule has 5 heteroatoms. The van der Waals surface area contributed by atoms with Crippen LogP contribution in [0.25, 0.3) is 0 Å². The van der Waals surface area contributed by atoms with Gasteiger partial charge >= 0.3 is 6.09 Å². The van der Waals surface area contributed by atoms with Crippen molar-refractivity contribution in [1.82, 2.24) is 5.32 Å². The number of hydrogen-bond donors (Lipinski definition) is 2. The summed E-state index contributed by atoms with van der Waals surface area (Å²) < 4.78 is 5.04. The van der Waals surface area contributed by atoms with Crippen LogP contribution in [-0.2, 0) is 9.53 Å². The van der Waals surface area contributed by atoms with Crippen molar-refractivity contribution in [1.29, 1.82) is 0 Å². The van der Waals surface area contributed by atoms with Gasteiger partial charge in [0.2, 0.25) is 5.91 Å². The molecule has 0 aliphatic rings. The molecule has 0 heterocycles. The number of nitrogens with two attached hydrogens (primary N) is 1. The third-order valence-corrected chi connectivity index (χ3v) is 1.87. The number of ether oxygens (including phenoxy) is 1. The van der Waals surface area contributed by atoms with E-state index < -0.39 is 23.1 Å². The first-order valence-electron chi connectivity index (χ1n) is 5.03. The summed E-state index contributed by atoms with van der Waals surface area (Å²) in [5.41, 5.74) is 3.44. The monoisotopic (exact) mass is 228 g/mol. The van der Waals surface area contributed by atoms with E-state index in [1.54, 1.807) is 20.8 Å². The summed E-state index contributed by atoms with van der Waals surface area (Å²) in [5.74, 6) is -0.627. The van der Waals surface area contributed by atoms with Gasteiger partial charge in [-0.2, -0.15) is 0 Å². The number of alkyl carbamates (subject to hydrolysis) is 1. The SMILES string of the molecule is C=CC[C@](C)(NC(=O)OC(C)(C)C)C(N)=O. The zero-order valence-electron chi connectivity index (χ0n) is 10.3. The van der Waals surface area contributed by atoms with Crippen LogP contribution in [0.1, 0.15) is 34.1 Å². The second kappa shape index (κ2) is 5.01. The van der Waals surface area contributed by atoms with Crippen molar-refractivity contribution >= 4 is 12.0 Å². The average molecular weight is 228 g/mol. The maximum atomic E-state index is 11.5. The first kappa shape index (κ1) is 14.5. The Balaban J connectivity index is 4.59. The second-order valence-corrected chi connectivity index (χ2v) is 4.82. The van der Waals surface area contributed by atoms with Gasteiger partial charge in [-0.3, -0.25) is 4.79 Å². The van der Waals surface area contributed by atoms with E-state index in [9.17, 15) is 9.59 Å². The highest BCUT2D eigenvalue weighted by Crippen LogP contribution is 2.12. The standard InChI is InChI=1S/C11H20N2O3/c1-6-7-11(5,8(12)14)13-9(15)16-10(2,3)4/h6H,1,7H2,2-5H3,(H2,12,14)(H,13,15)/t11-/m0/s1. The molecule has 0 aromatic rings. The zero-order chi connectivity index (χ0) is 13.0. The highest BCUT2D eigenvalue weighted by Gasteiger charge is 2.33. The molecule has 0 aromatic heterocycles. The van der Waals surface area contributed by atoms with Crippen molar-refractivity contribution < 1.29 is 14.3 Å². The van der Waals surface area contributed by atoms with Gasteiger partial charge in [0.15, 0.2) is 0 Å². The summed E-state index contributed by atoms with van der Waals surface area (Å²) in [7, 11) is 0. The number of carbonyl (C=O) groups is 2. The van der Waals surface area contributed by atoms with Crippen LogP contribution in [0.3, 0.4) is 0 Å². The van der Waals surface area contributed by atoms with Crippen LogP contribution in [0.5, 0.6) is 0 Å². The van der Waals surface area contributed by atoms with Crippen molar-refractivity contribution in [3.05, 3.63) is 12.7 Å². The first-order chi connectivity index (χ1) is 7.10. The van der Waals surface area contributed by atoms with Crippen LogP contribution < -0.4 is 11.1 Å². The maximum Gasteiger partial charge on any atom is 0.408 e. The highest BCUT2D eigenvalue weighted by molar-refractivity contribution is 5.88. The number of carbonyl (C=O) groups excluding carboxylic acids is 2. The highest BCUT2D eigenvalue weighted by atomic mass is 16.6. The predicted molar refractivity (Wildman–Crippen MR) is 61.8 cm³/mol. The van der Waals surface area contributed by atoms with E-state index >= 15 is 0 Å². The molecule has 0 rings (SSSR count). The Morgan fingerprint density at radius 1 is 1.38 bits per heavy atom. The molecule has 0 radical (unpaired) electrons. The molecule has 0 aliphatic heterocycles. The molecule has 0 bridgehead atoms. The van der Waals surface area contributed by atoms with E-state index in [0.29, 0.717) is 0 Å². The summed E-state index contributed by atoms with van der Waals surface area (Å²) >= 11 is 0. The van der Waals surface area contributed by atoms with Crippen LogP contribution >= 0.6 is 0 Å². The lowest BCUT2D eigenvalue weighted by atomic mass is 9.97. The predicted octanol–water partition coefficient (Wildman–Crippen LogP) is 1.33. The number of rotatable bonds is 4. The molecule has 92 valence electrons. The van der Waals surface area contributed by atoms with Gasteiger partial charge in [0.05, 0.1) is 0 Å². The van der Waals surface area contributed by atoms with Crippen molar-refractivity contribution in [2.45, 2.75) is 45.3 Å². The van der Waals surface area contributed by atoms with E-state index in [1.807, 2.05) is 0 Å². The number of primary amides is 1. The van der Waals surface area contributed by atoms with Crippen molar-refractivity contribution in [2.75, 3.05) is 0 Å². The van der Waals surface area contributed by atoms with E-state index in [1.165, 1.54) is 13.0 Å². The number of nitrogens with one attached hydrogen (secondary N) is 1. The van der Waals surface area contributed by atoms with Crippen LogP contribution in [0.4, 0.5) is 4.79 Å². The van der Waals surface area contributed by atoms with E-state index in [2.05, 4.69) is 11.9 Å². The van der Waals surface area contributed by atoms with Crippen molar-refractivity contribution in [3.8, 4) is 0 Å². The summed E-state index contributed by atoms with van der Waals surface area (Å²) in [4.78, 5) is 22.7. The molecule has 0 aliphatic carbocycles. The maximum absolute atomic E-state index is 11.5. The van der Waals surface area contributed by atoms with Gasteiger partial charge in [-0.05, 0) is 34.1 Å². The van der Waals surface area contributed by atoms with Crippen molar-refractivity contribution in [3.63, 3.8) is 0 Å². The molecule has 3 N–H and O–H groups in total. The molecule has 0 saturated heterocycles. The van der Waals surface area contributed by atoms with Gasteiger partial charge in [0.25, 0.3) is 0 Å². The lowest BCUT2D eigenvalue weighted by Gasteiger charge is -2.28. The molecule has 5 nitrogen and oxygen atoms in total. The second-order valence-electron chi connectivity index (χ2n) is 4.82. The van der Waals surface area contributed by atoms with Gasteiger partial charge in [-0.1, -0.05) is 6.08 Å². The van der Waals surface area contributed by atoms with E-state index in [4.69, 9.17) is 10.5 Å². The average Bonchev–Trinajstić information content (AvgIpc) is 1.99. The quantitative estimate of drug-likeness (QED) is 0.712. The normalized spacial score (nSPS) is 14.8. The Labute approximate surface area is 96.0 Å². The van der Waals surface area contributed by atoms with Gasteiger partial charge in [-0.15, -0.1) is 6.58 Å². The molecule has 0 fully saturated rings. The van der Waals surface area contributed by atoms with Gasteiger partial charge in [0.1, 0.15) is 11.1 Å². The fraction of sp³-hybridized carbons (Fsp3) is 0.636. The molecular formula is C11H20N2O3. The minimum Gasteiger partial charge on any atom is -0.444 e. The summed E-state index contributed by atoms with van der Waals surface area (Å²) in [6, 6.07) is 0. The summed E-state index contributed by atoms with van der Waals surface area (Å²) in [6.07, 6.45) is 1.10. The minimum atomic E-state index is -1.16. The minimum absolute atomic E-state index is 0.252. The molecule has 1 atom stereocenters. The van der Waals surface area contributed by atoms with Crippen LogP contribution in [0.15, 0.2) is 12.7 Å². The Morgan fingerprint density at radius 3 is 2.19 bits per heavy atom. The lowest BCUT2D eigenvalue weighted by molar-refractivity contribution is -0.123. The van der Waals surface area contributed by atoms with Gasteiger partial charge < -0.3 is 15.8 Å². The smallest absolute Gasteiger partial charge is 0.408 e. The van der Waals surface area contributed by atoms with E-state index in [0.717, 1.165) is 0 Å². The molecule has 16 heavy (non-hydrogen) atoms. The Morgan fingerprint density at radius 2 is 1.88 bits per heavy atom. The third kappa shape index (κ3) is 4.82. The Hall–Kier alpha value is -1.52. The fourth-order valence-corrected chi connectivity index (χ4v) is 1.03. The molecule has 2 amide bonds. The topological polar surface area (TPSA) is 81.4 Å². The lowest BCUT2D eigenvalue weighted by Crippen LogP contribution is -2.55. The zero-order valence-corrected chi connectivity index (χ0v) is 10.3. The third-order valence-electron chi connectivity index (χ3n) is 1.87. The van der Waals surface area contributed by atoms with Gasteiger partial charge in [0, 0.05) is 0 Å². The molecule has 0 spiro atoms. The molecule has 0 aromatic carbocycles. The molecular weight excluding hydrogens is 208 g/mol. The number of amides is 2. The largest absolute Gasteiger partial charge is 0.444 e. The van der Waals surface area contributed by atoms with Crippen molar-refractivity contribution in [2.24, 2.45) is 5.73 Å². The molecule has 0 saturated carbocycles. The summed E-state index contributed by atoms with van der Waals surface area (Å²) in [6.45, 7) is 10.3. The number of hydrogen-bond acceptors (Lipinski definition) is 3. The Kier molecular flexibility index (Phi) is 4.53. The van der Waals surface area contributed by atoms with Gasteiger partial charge in [-0.25, -0.2) is 4.79 Å². The molecule has 0 unspecified atom stereocenters. The van der Waals surface area contributed by atoms with Crippen LogP contribution in [0.2, 0.25) is 0 Å². The van der Waals surface area contributed by atoms with E-state index in [-0.39, 0.29) is 6.42 Å². The first-order valence-corrected chi connectivity index (χ1v) is 5.03. The van der Waals surface area contributed by atoms with Crippen LogP contribution in [0, 0.1) is 0 Å². The fourth-order valence-electron chi connectivity index (χ4n) is 1.03. The van der Waals surface area contributed by atoms with Crippen LogP contribution in [-0.4, -0.2) is 23.1 Å². The Bertz CT molecular complexity index is 294. The summed E-state index contributed by atoms with van der Waals surface area (Å²) in [5, 5.41) is 2.44.